The molecule has 0 fully saturated rings. The van der Waals surface area contributed by atoms with Crippen molar-refractivity contribution >= 4 is 11.9 Å². The van der Waals surface area contributed by atoms with Crippen molar-refractivity contribution in [1.29, 1.82) is 0 Å². The maximum Gasteiger partial charge on any atom is 1.00 e. The molecule has 0 bridgehead atoms. The average Bonchev–Trinajstić information content (AvgIpc) is 1.25. The second-order valence-electron chi connectivity index (χ2n) is 0.983. The summed E-state index contributed by atoms with van der Waals surface area (Å²) in [5.74, 6) is -2.17. The first-order valence-corrected chi connectivity index (χ1v) is 1.82. The van der Waals surface area contributed by atoms with Gasteiger partial charge >= 0.3 is 18.9 Å². The van der Waals surface area contributed by atoms with E-state index in [1.807, 2.05) is 0 Å². The molecule has 6 heteroatoms. The van der Waals surface area contributed by atoms with Crippen LogP contribution in [0.2, 0.25) is 0 Å². The van der Waals surface area contributed by atoms with Gasteiger partial charge in [-0.25, -0.2) is 0 Å². The number of carbonyl (C=O) groups excluding carboxylic acids is 2. The minimum atomic E-state index is -1.08. The van der Waals surface area contributed by atoms with Crippen LogP contribution in [0.15, 0.2) is 0 Å². The zero-order valence-corrected chi connectivity index (χ0v) is 8.63. The minimum absolute atomic E-state index is 0. The van der Waals surface area contributed by atoms with E-state index in [1.54, 1.807) is 0 Å². The third-order valence-electron chi connectivity index (χ3n) is 0. The number of carboxylic acid groups (broad SMARTS) is 2. The predicted octanol–water partition coefficient (Wildman–Crippen LogP) is -9.02. The van der Waals surface area contributed by atoms with E-state index >= 15 is 0 Å². The molecule has 0 atom stereocenters. The number of carbonyl (C=O) groups is 2. The Morgan fingerprint density at radius 3 is 1.00 bits per heavy atom. The van der Waals surface area contributed by atoms with Crippen molar-refractivity contribution in [3.05, 3.63) is 0 Å². The van der Waals surface area contributed by atoms with Gasteiger partial charge in [-0.1, -0.05) is 0 Å². The Balaban J connectivity index is -0.0000000300. The van der Waals surface area contributed by atoms with Crippen LogP contribution in [0.3, 0.4) is 0 Å². The van der Waals surface area contributed by atoms with Gasteiger partial charge in [0.25, 0.3) is 0 Å². The van der Waals surface area contributed by atoms with Gasteiger partial charge in [0, 0.05) is 11.9 Å². The number of hydrogen-bond donors (Lipinski definition) is 0. The fourth-order valence-electron chi connectivity index (χ4n) is 0. The van der Waals surface area contributed by atoms with Crippen LogP contribution >= 0.6 is 0 Å². The van der Waals surface area contributed by atoms with Crippen LogP contribution in [0, 0.1) is 0 Å². The van der Waals surface area contributed by atoms with Crippen LogP contribution in [0.25, 0.3) is 0 Å². The Kier molecular flexibility index (Phi) is 36.2. The minimum Gasteiger partial charge on any atom is -0.550 e. The molecule has 10 heavy (non-hydrogen) atoms. The summed E-state index contributed by atoms with van der Waals surface area (Å²) in [7, 11) is 0. The Labute approximate surface area is 88.2 Å². The van der Waals surface area contributed by atoms with E-state index in [0.717, 1.165) is 13.8 Å². The molecule has 0 heterocycles. The molecule has 0 aliphatic rings. The standard InChI is InChI=1S/2C2H4O2.H2I.Li/c2*1-2(3)4;;/h2*1H3,(H,3,4);1H2;/q;;2*+1/p-2. The van der Waals surface area contributed by atoms with E-state index in [4.69, 9.17) is 19.8 Å². The Bertz CT molecular complexity index is 75.3. The number of carboxylic acids is 2. The molecule has 0 saturated heterocycles. The van der Waals surface area contributed by atoms with Gasteiger partial charge in [-0.3, -0.25) is 0 Å². The average molecular weight is 254 g/mol. The topological polar surface area (TPSA) is 80.3 Å². The summed E-state index contributed by atoms with van der Waals surface area (Å²) in [6.45, 7) is 1.94. The van der Waals surface area contributed by atoms with Crippen LogP contribution in [0.5, 0.6) is 0 Å². The van der Waals surface area contributed by atoms with E-state index in [1.165, 1.54) is 0 Å². The molecule has 0 N–H and O–H groups in total. The molecule has 0 aromatic heterocycles. The summed E-state index contributed by atoms with van der Waals surface area (Å²) in [6, 6.07) is 0. The summed E-state index contributed by atoms with van der Waals surface area (Å²) in [5, 5.41) is 17.8. The van der Waals surface area contributed by atoms with E-state index in [9.17, 15) is 0 Å². The van der Waals surface area contributed by atoms with E-state index in [2.05, 4.69) is 0 Å². The molecule has 56 valence electrons. The molecule has 0 radical (unpaired) electrons. The van der Waals surface area contributed by atoms with Crippen LogP contribution in [-0.4, -0.2) is 11.9 Å². The van der Waals surface area contributed by atoms with Crippen molar-refractivity contribution in [2.45, 2.75) is 13.8 Å². The van der Waals surface area contributed by atoms with E-state index in [-0.39, 0.29) is 42.8 Å². The maximum absolute atomic E-state index is 8.89. The van der Waals surface area contributed by atoms with Crippen molar-refractivity contribution in [2.75, 3.05) is 0 Å². The molecular weight excluding hydrogens is 246 g/mol. The Morgan fingerprint density at radius 1 is 1.00 bits per heavy atom. The summed E-state index contributed by atoms with van der Waals surface area (Å²) in [4.78, 5) is 17.8. The maximum atomic E-state index is 8.89. The van der Waals surface area contributed by atoms with Crippen molar-refractivity contribution in [2.24, 2.45) is 0 Å². The van der Waals surface area contributed by atoms with Crippen LogP contribution in [0.4, 0.5) is 0 Å². The second kappa shape index (κ2) is 16.1. The van der Waals surface area contributed by atoms with E-state index < -0.39 is 11.9 Å². The summed E-state index contributed by atoms with van der Waals surface area (Å²) < 4.78 is 0. The molecular formula is C4H8ILiO4. The molecule has 0 spiro atoms. The van der Waals surface area contributed by atoms with Crippen molar-refractivity contribution in [1.82, 2.24) is 0 Å². The zero-order valence-electron chi connectivity index (χ0n) is 6.08. The van der Waals surface area contributed by atoms with Gasteiger partial charge in [-0.2, -0.15) is 0 Å². The summed E-state index contributed by atoms with van der Waals surface area (Å²) >= 11 is 0. The molecule has 0 aliphatic heterocycles. The molecule has 0 aromatic carbocycles. The second-order valence-corrected chi connectivity index (χ2v) is 0.983. The quantitative estimate of drug-likeness (QED) is 0.317. The Morgan fingerprint density at radius 2 is 1.00 bits per heavy atom. The van der Waals surface area contributed by atoms with Gasteiger partial charge < -0.3 is 19.8 Å². The molecule has 0 amide bonds. The zero-order chi connectivity index (χ0) is 7.15. The number of aliphatic carboxylic acids is 2. The largest absolute Gasteiger partial charge is 1.00 e. The smallest absolute Gasteiger partial charge is 0.550 e. The van der Waals surface area contributed by atoms with Crippen LogP contribution in [-0.2, 0) is 9.59 Å². The van der Waals surface area contributed by atoms with Crippen molar-refractivity contribution in [3.8, 4) is 0 Å². The van der Waals surface area contributed by atoms with Crippen molar-refractivity contribution < 1.29 is 62.6 Å². The molecule has 0 unspecified atom stereocenters. The number of rotatable bonds is 0. The van der Waals surface area contributed by atoms with Crippen molar-refractivity contribution in [3.63, 3.8) is 0 Å². The van der Waals surface area contributed by atoms with Gasteiger partial charge in [-0.05, 0) is 13.8 Å². The first-order chi connectivity index (χ1) is 3.46. The monoisotopic (exact) mass is 254 g/mol. The fraction of sp³-hybridized carbons (Fsp3) is 0.500. The number of halogens is 1. The molecule has 0 aromatic rings. The first-order valence-electron chi connectivity index (χ1n) is 1.82. The molecule has 4 nitrogen and oxygen atoms in total. The van der Waals surface area contributed by atoms with Gasteiger partial charge in [0.15, 0.2) is 0 Å². The van der Waals surface area contributed by atoms with Crippen LogP contribution in [0.1, 0.15) is 13.8 Å². The fourth-order valence-corrected chi connectivity index (χ4v) is 0. The van der Waals surface area contributed by atoms with Gasteiger partial charge in [0.1, 0.15) is 0 Å². The van der Waals surface area contributed by atoms with Gasteiger partial charge in [0.2, 0.25) is 24.0 Å². The molecule has 0 saturated carbocycles. The third-order valence-corrected chi connectivity index (χ3v) is 0. The molecule has 0 aliphatic carbocycles. The summed E-state index contributed by atoms with van der Waals surface area (Å²) in [5.41, 5.74) is 0. The van der Waals surface area contributed by atoms with Gasteiger partial charge in [0.05, 0.1) is 0 Å². The predicted molar refractivity (Wildman–Crippen MR) is 24.2 cm³/mol. The van der Waals surface area contributed by atoms with Crippen LogP contribution < -0.4 is 53.1 Å². The number of hydrogen-bond acceptors (Lipinski definition) is 4. The SMILES string of the molecule is CC(=O)[O-].CC(=O)[O-].[IH2+].[Li+]. The first kappa shape index (κ1) is 22.4. The van der Waals surface area contributed by atoms with Gasteiger partial charge in [-0.15, -0.1) is 0 Å². The Hall–Kier alpha value is 0.267. The summed E-state index contributed by atoms with van der Waals surface area (Å²) in [6.07, 6.45) is 0. The van der Waals surface area contributed by atoms with E-state index in [0.29, 0.717) is 0 Å². The normalized spacial score (nSPS) is 5.00. The third kappa shape index (κ3) is 6110. The molecule has 0 rings (SSSR count).